The molecule has 2 aromatic carbocycles. The van der Waals surface area contributed by atoms with E-state index in [0.717, 1.165) is 22.7 Å². The van der Waals surface area contributed by atoms with Gasteiger partial charge in [-0.15, -0.1) is 11.3 Å². The van der Waals surface area contributed by atoms with Crippen LogP contribution in [0.1, 0.15) is 27.9 Å². The van der Waals surface area contributed by atoms with Crippen LogP contribution < -0.4 is 5.32 Å². The van der Waals surface area contributed by atoms with Crippen LogP contribution in [0.15, 0.2) is 60.0 Å². The number of halogens is 1. The van der Waals surface area contributed by atoms with Crippen molar-refractivity contribution in [3.63, 3.8) is 0 Å². The number of aromatic nitrogens is 1. The smallest absolute Gasteiger partial charge is 0.226 e. The van der Waals surface area contributed by atoms with E-state index in [1.165, 1.54) is 17.7 Å². The molecule has 0 spiro atoms. The quantitative estimate of drug-likeness (QED) is 0.628. The van der Waals surface area contributed by atoms with Crippen molar-refractivity contribution in [2.24, 2.45) is 0 Å². The first-order valence-electron chi connectivity index (χ1n) is 9.17. The number of carbonyl (C=O) groups is 1. The number of nitrogens with zero attached hydrogens (tertiary/aromatic N) is 2. The number of hydrogen-bond donors (Lipinski definition) is 1. The second-order valence-corrected chi connectivity index (χ2v) is 7.85. The van der Waals surface area contributed by atoms with Gasteiger partial charge in [-0.25, -0.2) is 9.37 Å². The van der Waals surface area contributed by atoms with Gasteiger partial charge in [-0.3, -0.25) is 4.79 Å². The third-order valence-electron chi connectivity index (χ3n) is 4.51. The summed E-state index contributed by atoms with van der Waals surface area (Å²) >= 11 is 1.58. The van der Waals surface area contributed by atoms with E-state index >= 15 is 0 Å². The predicted octanol–water partition coefficient (Wildman–Crippen LogP) is 3.83. The van der Waals surface area contributed by atoms with Crippen molar-refractivity contribution in [1.29, 1.82) is 0 Å². The highest BCUT2D eigenvalue weighted by atomic mass is 32.1. The molecular weight excluding hydrogens is 373 g/mol. The Labute approximate surface area is 169 Å². The van der Waals surface area contributed by atoms with Crippen LogP contribution in [0.25, 0.3) is 0 Å². The lowest BCUT2D eigenvalue weighted by molar-refractivity contribution is -0.120. The lowest BCUT2D eigenvalue weighted by atomic mass is 10.1. The van der Waals surface area contributed by atoms with Crippen LogP contribution in [0, 0.1) is 5.82 Å². The first kappa shape index (κ1) is 20.2. The highest BCUT2D eigenvalue weighted by Gasteiger charge is 2.16. The zero-order chi connectivity index (χ0) is 19.9. The minimum absolute atomic E-state index is 0.0198. The SMILES string of the molecule is CN(C)C(CNC(=O)Cc1csc(Cc2ccccc2)n1)c1ccc(F)cc1. The third kappa shape index (κ3) is 5.71. The molecule has 0 radical (unpaired) electrons. The van der Waals surface area contributed by atoms with Crippen molar-refractivity contribution in [2.45, 2.75) is 18.9 Å². The van der Waals surface area contributed by atoms with E-state index in [1.807, 2.05) is 42.6 Å². The van der Waals surface area contributed by atoms with E-state index in [0.29, 0.717) is 6.54 Å². The van der Waals surface area contributed by atoms with Gasteiger partial charge in [-0.05, 0) is 37.4 Å². The van der Waals surface area contributed by atoms with Crippen LogP contribution in [-0.4, -0.2) is 36.4 Å². The Morgan fingerprint density at radius 3 is 2.54 bits per heavy atom. The van der Waals surface area contributed by atoms with Gasteiger partial charge in [-0.2, -0.15) is 0 Å². The van der Waals surface area contributed by atoms with E-state index in [4.69, 9.17) is 0 Å². The summed E-state index contributed by atoms with van der Waals surface area (Å²) in [6, 6.07) is 16.5. The minimum Gasteiger partial charge on any atom is -0.354 e. The maximum absolute atomic E-state index is 13.2. The van der Waals surface area contributed by atoms with Crippen LogP contribution >= 0.6 is 11.3 Å². The van der Waals surface area contributed by atoms with E-state index in [2.05, 4.69) is 22.4 Å². The largest absolute Gasteiger partial charge is 0.354 e. The van der Waals surface area contributed by atoms with Crippen molar-refractivity contribution in [3.8, 4) is 0 Å². The molecule has 0 bridgehead atoms. The molecule has 0 fully saturated rings. The maximum Gasteiger partial charge on any atom is 0.226 e. The Hall–Kier alpha value is -2.57. The van der Waals surface area contributed by atoms with E-state index in [-0.39, 0.29) is 24.2 Å². The Bertz CT molecular complexity index is 894. The van der Waals surface area contributed by atoms with Gasteiger partial charge in [0.05, 0.1) is 23.2 Å². The molecule has 1 amide bonds. The fourth-order valence-electron chi connectivity index (χ4n) is 3.00. The summed E-state index contributed by atoms with van der Waals surface area (Å²) in [6.45, 7) is 0.457. The molecule has 1 aromatic heterocycles. The molecule has 1 heterocycles. The second kappa shape index (κ2) is 9.57. The molecule has 0 aliphatic heterocycles. The predicted molar refractivity (Wildman–Crippen MR) is 111 cm³/mol. The second-order valence-electron chi connectivity index (χ2n) is 6.91. The summed E-state index contributed by atoms with van der Waals surface area (Å²) < 4.78 is 13.2. The standard InChI is InChI=1S/C22H24FN3OS/c1-26(2)20(17-8-10-18(23)11-9-17)14-24-21(27)13-19-15-28-22(25-19)12-16-6-4-3-5-7-16/h3-11,15,20H,12-14H2,1-2H3,(H,24,27). The highest BCUT2D eigenvalue weighted by Crippen LogP contribution is 2.18. The summed E-state index contributed by atoms with van der Waals surface area (Å²) in [6.07, 6.45) is 1.04. The molecule has 0 aliphatic carbocycles. The summed E-state index contributed by atoms with van der Waals surface area (Å²) in [5.74, 6) is -0.328. The van der Waals surface area contributed by atoms with Gasteiger partial charge < -0.3 is 10.2 Å². The Morgan fingerprint density at radius 2 is 1.86 bits per heavy atom. The molecule has 146 valence electrons. The van der Waals surface area contributed by atoms with Gasteiger partial charge in [0.15, 0.2) is 0 Å². The maximum atomic E-state index is 13.2. The zero-order valence-electron chi connectivity index (χ0n) is 16.1. The fraction of sp³-hybridized carbons (Fsp3) is 0.273. The zero-order valence-corrected chi connectivity index (χ0v) is 16.9. The normalized spacial score (nSPS) is 12.1. The number of nitrogens with one attached hydrogen (secondary N) is 1. The Morgan fingerprint density at radius 1 is 1.14 bits per heavy atom. The molecule has 1 N–H and O–H groups in total. The van der Waals surface area contributed by atoms with E-state index < -0.39 is 0 Å². The molecule has 0 saturated carbocycles. The molecule has 3 aromatic rings. The average Bonchev–Trinajstić information content (AvgIpc) is 3.10. The van der Waals surface area contributed by atoms with Gasteiger partial charge in [0.2, 0.25) is 5.91 Å². The molecule has 28 heavy (non-hydrogen) atoms. The molecule has 4 nitrogen and oxygen atoms in total. The molecule has 1 atom stereocenters. The first-order valence-corrected chi connectivity index (χ1v) is 10.0. The minimum atomic E-state index is -0.264. The number of amides is 1. The highest BCUT2D eigenvalue weighted by molar-refractivity contribution is 7.09. The lowest BCUT2D eigenvalue weighted by Gasteiger charge is -2.25. The van der Waals surface area contributed by atoms with Crippen molar-refractivity contribution in [2.75, 3.05) is 20.6 Å². The van der Waals surface area contributed by atoms with E-state index in [1.54, 1.807) is 23.5 Å². The first-order chi connectivity index (χ1) is 13.5. The fourth-order valence-corrected chi connectivity index (χ4v) is 3.83. The number of carbonyl (C=O) groups excluding carboxylic acids is 1. The monoisotopic (exact) mass is 397 g/mol. The van der Waals surface area contributed by atoms with Crippen molar-refractivity contribution < 1.29 is 9.18 Å². The number of likely N-dealkylation sites (N-methyl/N-ethyl adjacent to an activating group) is 1. The van der Waals surface area contributed by atoms with Gasteiger partial charge in [-0.1, -0.05) is 42.5 Å². The van der Waals surface area contributed by atoms with Crippen LogP contribution in [0.5, 0.6) is 0 Å². The molecule has 0 saturated heterocycles. The number of hydrogen-bond acceptors (Lipinski definition) is 4. The van der Waals surface area contributed by atoms with Crippen molar-refractivity contribution in [3.05, 3.63) is 87.6 Å². The Kier molecular flexibility index (Phi) is 6.90. The van der Waals surface area contributed by atoms with Gasteiger partial charge in [0.1, 0.15) is 5.82 Å². The lowest BCUT2D eigenvalue weighted by Crippen LogP contribution is -2.35. The van der Waals surface area contributed by atoms with Crippen LogP contribution in [-0.2, 0) is 17.6 Å². The number of benzene rings is 2. The van der Waals surface area contributed by atoms with Gasteiger partial charge in [0, 0.05) is 18.3 Å². The van der Waals surface area contributed by atoms with Crippen LogP contribution in [0.4, 0.5) is 4.39 Å². The molecule has 1 unspecified atom stereocenters. The molecule has 3 rings (SSSR count). The summed E-state index contributed by atoms with van der Waals surface area (Å²) in [7, 11) is 3.88. The topological polar surface area (TPSA) is 45.2 Å². The molecule has 6 heteroatoms. The molecular formula is C22H24FN3OS. The number of thiazole rings is 1. The van der Waals surface area contributed by atoms with Crippen LogP contribution in [0.2, 0.25) is 0 Å². The number of rotatable bonds is 8. The third-order valence-corrected chi connectivity index (χ3v) is 5.41. The van der Waals surface area contributed by atoms with Gasteiger partial charge >= 0.3 is 0 Å². The molecule has 0 aliphatic rings. The van der Waals surface area contributed by atoms with E-state index in [9.17, 15) is 9.18 Å². The summed E-state index contributed by atoms with van der Waals surface area (Å²) in [5.41, 5.74) is 2.96. The summed E-state index contributed by atoms with van der Waals surface area (Å²) in [5, 5.41) is 5.93. The van der Waals surface area contributed by atoms with Gasteiger partial charge in [0.25, 0.3) is 0 Å². The van der Waals surface area contributed by atoms with Crippen LogP contribution in [0.3, 0.4) is 0 Å². The van der Waals surface area contributed by atoms with Crippen molar-refractivity contribution in [1.82, 2.24) is 15.2 Å². The van der Waals surface area contributed by atoms with Crippen molar-refractivity contribution >= 4 is 17.2 Å². The summed E-state index contributed by atoms with van der Waals surface area (Å²) in [4.78, 5) is 19.0. The average molecular weight is 398 g/mol. The Balaban J connectivity index is 1.54.